The quantitative estimate of drug-likeness (QED) is 0.882. The summed E-state index contributed by atoms with van der Waals surface area (Å²) in [6.07, 6.45) is 0. The van der Waals surface area contributed by atoms with Crippen LogP contribution >= 0.6 is 11.6 Å². The van der Waals surface area contributed by atoms with Crippen LogP contribution in [-0.4, -0.2) is 35.8 Å². The normalized spacial score (nSPS) is 23.6. The lowest BCUT2D eigenvalue weighted by Crippen LogP contribution is -2.44. The van der Waals surface area contributed by atoms with E-state index in [1.165, 1.54) is 0 Å². The molecule has 1 N–H and O–H groups in total. The fourth-order valence-electron chi connectivity index (χ4n) is 2.35. The topological polar surface area (TPSA) is 32.7 Å². The Morgan fingerprint density at radius 2 is 2.29 bits per heavy atom. The minimum atomic E-state index is 0.146. The van der Waals surface area contributed by atoms with Gasteiger partial charge in [0.15, 0.2) is 0 Å². The molecule has 1 aromatic carbocycles. The number of morpholine rings is 1. The van der Waals surface area contributed by atoms with Gasteiger partial charge in [-0.15, -0.1) is 0 Å². The van der Waals surface area contributed by atoms with Crippen molar-refractivity contribution in [3.05, 3.63) is 28.8 Å². The van der Waals surface area contributed by atoms with E-state index in [2.05, 4.69) is 18.7 Å². The van der Waals surface area contributed by atoms with Crippen LogP contribution in [0.3, 0.4) is 0 Å². The van der Waals surface area contributed by atoms with Crippen molar-refractivity contribution in [2.45, 2.75) is 25.9 Å². The summed E-state index contributed by atoms with van der Waals surface area (Å²) in [5.74, 6) is 0.306. The second-order valence-corrected chi connectivity index (χ2v) is 4.98. The Bertz CT molecular complexity index is 397. The van der Waals surface area contributed by atoms with Gasteiger partial charge in [-0.25, -0.2) is 0 Å². The Kier molecular flexibility index (Phi) is 3.92. The molecule has 2 atom stereocenters. The van der Waals surface area contributed by atoms with Gasteiger partial charge in [0.1, 0.15) is 5.75 Å². The number of halogens is 1. The van der Waals surface area contributed by atoms with Crippen LogP contribution in [0, 0.1) is 0 Å². The lowest BCUT2D eigenvalue weighted by Gasteiger charge is -2.38. The summed E-state index contributed by atoms with van der Waals surface area (Å²) in [5.41, 5.74) is 0.881. The molecule has 3 nitrogen and oxygen atoms in total. The van der Waals surface area contributed by atoms with E-state index >= 15 is 0 Å². The van der Waals surface area contributed by atoms with Gasteiger partial charge in [-0.05, 0) is 32.0 Å². The van der Waals surface area contributed by atoms with E-state index in [1.54, 1.807) is 12.1 Å². The van der Waals surface area contributed by atoms with E-state index in [1.807, 2.05) is 6.07 Å². The molecular weight excluding hydrogens is 238 g/mol. The molecule has 2 rings (SSSR count). The summed E-state index contributed by atoms with van der Waals surface area (Å²) in [6, 6.07) is 5.70. The van der Waals surface area contributed by atoms with E-state index in [-0.39, 0.29) is 6.04 Å². The number of aromatic hydroxyl groups is 1. The predicted molar refractivity (Wildman–Crippen MR) is 68.5 cm³/mol. The second-order valence-electron chi connectivity index (χ2n) is 4.54. The van der Waals surface area contributed by atoms with Gasteiger partial charge in [-0.3, -0.25) is 4.90 Å². The highest BCUT2D eigenvalue weighted by molar-refractivity contribution is 6.30. The smallest absolute Gasteiger partial charge is 0.120 e. The Labute approximate surface area is 107 Å². The fraction of sp³-hybridized carbons (Fsp3) is 0.538. The molecule has 1 aliphatic heterocycles. The molecule has 94 valence electrons. The zero-order valence-corrected chi connectivity index (χ0v) is 10.9. The second kappa shape index (κ2) is 5.25. The third-order valence-electron chi connectivity index (χ3n) is 3.36. The number of phenolic OH excluding ortho intramolecular Hbond substituents is 1. The van der Waals surface area contributed by atoms with Gasteiger partial charge < -0.3 is 9.84 Å². The molecule has 17 heavy (non-hydrogen) atoms. The molecule has 0 spiro atoms. The van der Waals surface area contributed by atoms with Crippen LogP contribution in [0.5, 0.6) is 5.75 Å². The lowest BCUT2D eigenvalue weighted by atomic mass is 10.0. The van der Waals surface area contributed by atoms with E-state index in [0.29, 0.717) is 16.8 Å². The van der Waals surface area contributed by atoms with Crippen molar-refractivity contribution < 1.29 is 9.84 Å². The molecule has 0 bridgehead atoms. The van der Waals surface area contributed by atoms with Gasteiger partial charge in [-0.1, -0.05) is 11.6 Å². The monoisotopic (exact) mass is 255 g/mol. The van der Waals surface area contributed by atoms with Crippen molar-refractivity contribution in [3.63, 3.8) is 0 Å². The first-order valence-electron chi connectivity index (χ1n) is 5.91. The van der Waals surface area contributed by atoms with E-state index in [0.717, 1.165) is 25.3 Å². The molecule has 0 saturated carbocycles. The van der Waals surface area contributed by atoms with Crippen LogP contribution in [0.2, 0.25) is 5.02 Å². The Balaban J connectivity index is 2.23. The molecule has 1 aliphatic rings. The van der Waals surface area contributed by atoms with Crippen LogP contribution < -0.4 is 0 Å². The summed E-state index contributed by atoms with van der Waals surface area (Å²) in [7, 11) is 0. The third-order valence-corrected chi connectivity index (χ3v) is 3.59. The van der Waals surface area contributed by atoms with Crippen LogP contribution in [-0.2, 0) is 4.74 Å². The molecule has 1 saturated heterocycles. The van der Waals surface area contributed by atoms with Crippen LogP contribution in [0.4, 0.5) is 0 Å². The van der Waals surface area contributed by atoms with Crippen LogP contribution in [0.15, 0.2) is 18.2 Å². The highest BCUT2D eigenvalue weighted by atomic mass is 35.5. The largest absolute Gasteiger partial charge is 0.508 e. The van der Waals surface area contributed by atoms with Crippen molar-refractivity contribution >= 4 is 11.6 Å². The molecule has 4 heteroatoms. The first kappa shape index (κ1) is 12.7. The number of rotatable bonds is 2. The molecule has 1 fully saturated rings. The Morgan fingerprint density at radius 1 is 1.53 bits per heavy atom. The van der Waals surface area contributed by atoms with E-state index in [9.17, 15) is 5.11 Å². The minimum absolute atomic E-state index is 0.146. The molecular formula is C13H18ClNO2. The maximum atomic E-state index is 9.91. The third kappa shape index (κ3) is 2.73. The number of nitrogens with zero attached hydrogens (tertiary/aromatic N) is 1. The minimum Gasteiger partial charge on any atom is -0.508 e. The molecule has 0 aliphatic carbocycles. The summed E-state index contributed by atoms with van der Waals surface area (Å²) in [5, 5.41) is 10.6. The SMILES string of the molecule is CC1COCCN1C(C)c1cc(Cl)ccc1O. The number of phenols is 1. The summed E-state index contributed by atoms with van der Waals surface area (Å²) < 4.78 is 5.42. The van der Waals surface area contributed by atoms with Gasteiger partial charge in [0, 0.05) is 29.2 Å². The number of hydrogen-bond donors (Lipinski definition) is 1. The number of benzene rings is 1. The lowest BCUT2D eigenvalue weighted by molar-refractivity contribution is -0.0194. The predicted octanol–water partition coefficient (Wildman–Crippen LogP) is 2.83. The standard InChI is InChI=1S/C13H18ClNO2/c1-9-8-17-6-5-15(9)10(2)12-7-11(14)3-4-13(12)16/h3-4,7,9-10,16H,5-6,8H2,1-2H3. The van der Waals surface area contributed by atoms with Crippen molar-refractivity contribution in [1.82, 2.24) is 4.90 Å². The molecule has 2 unspecified atom stereocenters. The Hall–Kier alpha value is -0.770. The molecule has 0 radical (unpaired) electrons. The van der Waals surface area contributed by atoms with E-state index < -0.39 is 0 Å². The van der Waals surface area contributed by atoms with Gasteiger partial charge in [0.25, 0.3) is 0 Å². The summed E-state index contributed by atoms with van der Waals surface area (Å²) in [4.78, 5) is 2.33. The zero-order chi connectivity index (χ0) is 12.4. The number of hydrogen-bond acceptors (Lipinski definition) is 3. The zero-order valence-electron chi connectivity index (χ0n) is 10.2. The summed E-state index contributed by atoms with van der Waals surface area (Å²) >= 11 is 5.98. The fourth-order valence-corrected chi connectivity index (χ4v) is 2.53. The van der Waals surface area contributed by atoms with Crippen molar-refractivity contribution in [1.29, 1.82) is 0 Å². The van der Waals surface area contributed by atoms with Crippen molar-refractivity contribution in [2.75, 3.05) is 19.8 Å². The van der Waals surface area contributed by atoms with Gasteiger partial charge in [0.05, 0.1) is 13.2 Å². The maximum Gasteiger partial charge on any atom is 0.120 e. The van der Waals surface area contributed by atoms with Gasteiger partial charge in [0.2, 0.25) is 0 Å². The maximum absolute atomic E-state index is 9.91. The van der Waals surface area contributed by atoms with Gasteiger partial charge >= 0.3 is 0 Å². The average molecular weight is 256 g/mol. The summed E-state index contributed by atoms with van der Waals surface area (Å²) in [6.45, 7) is 6.60. The Morgan fingerprint density at radius 3 is 3.00 bits per heavy atom. The molecule has 0 aromatic heterocycles. The van der Waals surface area contributed by atoms with Crippen molar-refractivity contribution in [3.8, 4) is 5.75 Å². The first-order chi connectivity index (χ1) is 8.09. The number of ether oxygens (including phenoxy) is 1. The van der Waals surface area contributed by atoms with E-state index in [4.69, 9.17) is 16.3 Å². The van der Waals surface area contributed by atoms with Gasteiger partial charge in [-0.2, -0.15) is 0 Å². The average Bonchev–Trinajstić information content (AvgIpc) is 2.32. The molecule has 1 heterocycles. The molecule has 1 aromatic rings. The molecule has 0 amide bonds. The highest BCUT2D eigenvalue weighted by Crippen LogP contribution is 2.32. The highest BCUT2D eigenvalue weighted by Gasteiger charge is 2.26. The van der Waals surface area contributed by atoms with Crippen LogP contribution in [0.1, 0.15) is 25.5 Å². The van der Waals surface area contributed by atoms with Crippen molar-refractivity contribution in [2.24, 2.45) is 0 Å². The van der Waals surface area contributed by atoms with Crippen LogP contribution in [0.25, 0.3) is 0 Å². The first-order valence-corrected chi connectivity index (χ1v) is 6.29.